The summed E-state index contributed by atoms with van der Waals surface area (Å²) < 4.78 is 5.22. The molecule has 0 bridgehead atoms. The van der Waals surface area contributed by atoms with Crippen molar-refractivity contribution in [1.82, 2.24) is 10.6 Å². The van der Waals surface area contributed by atoms with E-state index in [1.807, 2.05) is 30.3 Å². The number of carbonyl (C=O) groups is 3. The van der Waals surface area contributed by atoms with Crippen molar-refractivity contribution in [2.24, 2.45) is 0 Å². The van der Waals surface area contributed by atoms with E-state index in [0.29, 0.717) is 17.0 Å². The molecule has 3 amide bonds. The smallest absolute Gasteiger partial charge is 0.268 e. The van der Waals surface area contributed by atoms with Gasteiger partial charge in [-0.05, 0) is 48.0 Å². The van der Waals surface area contributed by atoms with Gasteiger partial charge in [0.25, 0.3) is 11.8 Å². The van der Waals surface area contributed by atoms with E-state index in [-0.39, 0.29) is 18.1 Å². The quantitative estimate of drug-likeness (QED) is 0.527. The number of hydrogen-bond donors (Lipinski definition) is 3. The van der Waals surface area contributed by atoms with Gasteiger partial charge in [0.05, 0.1) is 12.8 Å². The zero-order valence-electron chi connectivity index (χ0n) is 16.3. The fourth-order valence-electron chi connectivity index (χ4n) is 2.65. The van der Waals surface area contributed by atoms with Crippen LogP contribution < -0.4 is 16.0 Å². The van der Waals surface area contributed by atoms with Crippen molar-refractivity contribution >= 4 is 29.5 Å². The van der Waals surface area contributed by atoms with Gasteiger partial charge in [-0.1, -0.05) is 30.3 Å². The molecule has 0 spiro atoms. The Balaban J connectivity index is 1.75. The number of benzene rings is 2. The molecule has 0 saturated carbocycles. The Bertz CT molecular complexity index is 1040. The third-order valence-corrected chi connectivity index (χ3v) is 4.07. The average molecular weight is 403 g/mol. The van der Waals surface area contributed by atoms with Crippen LogP contribution in [-0.4, -0.2) is 17.7 Å². The first kappa shape index (κ1) is 20.6. The highest BCUT2D eigenvalue weighted by molar-refractivity contribution is 6.05. The van der Waals surface area contributed by atoms with Gasteiger partial charge >= 0.3 is 0 Å². The molecule has 0 atom stereocenters. The number of carbonyl (C=O) groups excluding carboxylic acids is 3. The number of nitrogens with one attached hydrogen (secondary N) is 3. The number of rotatable bonds is 7. The minimum atomic E-state index is -0.446. The summed E-state index contributed by atoms with van der Waals surface area (Å²) in [6.07, 6.45) is 3.12. The summed E-state index contributed by atoms with van der Waals surface area (Å²) in [6, 6.07) is 19.1. The van der Waals surface area contributed by atoms with Crippen LogP contribution in [0.4, 0.5) is 5.69 Å². The highest BCUT2D eigenvalue weighted by atomic mass is 16.3. The maximum absolute atomic E-state index is 12.7. The second kappa shape index (κ2) is 9.88. The van der Waals surface area contributed by atoms with Crippen LogP contribution in [0.3, 0.4) is 0 Å². The molecule has 0 unspecified atom stereocenters. The van der Waals surface area contributed by atoms with Crippen molar-refractivity contribution in [3.05, 3.63) is 95.6 Å². The van der Waals surface area contributed by atoms with Crippen LogP contribution in [-0.2, 0) is 16.1 Å². The predicted octanol–water partition coefficient (Wildman–Crippen LogP) is 3.33. The Labute approximate surface area is 173 Å². The molecular formula is C23H21N3O4. The van der Waals surface area contributed by atoms with Gasteiger partial charge in [0.15, 0.2) is 0 Å². The zero-order chi connectivity index (χ0) is 21.3. The predicted molar refractivity (Wildman–Crippen MR) is 113 cm³/mol. The molecule has 0 aliphatic heterocycles. The molecule has 1 heterocycles. The monoisotopic (exact) mass is 403 g/mol. The van der Waals surface area contributed by atoms with E-state index in [1.165, 1.54) is 13.2 Å². The molecule has 7 nitrogen and oxygen atoms in total. The Morgan fingerprint density at radius 1 is 0.933 bits per heavy atom. The number of hydrogen-bond acceptors (Lipinski definition) is 4. The van der Waals surface area contributed by atoms with E-state index in [2.05, 4.69) is 16.0 Å². The van der Waals surface area contributed by atoms with Crippen molar-refractivity contribution < 1.29 is 18.8 Å². The molecule has 3 aromatic rings. The number of amides is 3. The Hall–Kier alpha value is -4.13. The highest BCUT2D eigenvalue weighted by Crippen LogP contribution is 2.11. The molecule has 0 fully saturated rings. The molecule has 0 radical (unpaired) electrons. The molecule has 3 rings (SSSR count). The van der Waals surface area contributed by atoms with Crippen LogP contribution >= 0.6 is 0 Å². The second-order valence-electron chi connectivity index (χ2n) is 6.44. The standard InChI is InChI=1S/C23H21N3O4/c1-16(27)25-19-11-9-18(10-12-19)22(28)26-21(14-17-6-3-2-4-7-17)23(29)24-15-20-8-5-13-30-20/h2-14H,15H2,1H3,(H,24,29)(H,25,27)(H,26,28)/b21-14-. The lowest BCUT2D eigenvalue weighted by molar-refractivity contribution is -0.118. The molecule has 1 aromatic heterocycles. The first-order valence-electron chi connectivity index (χ1n) is 9.27. The lowest BCUT2D eigenvalue weighted by Crippen LogP contribution is -2.34. The summed E-state index contributed by atoms with van der Waals surface area (Å²) in [5, 5.41) is 8.03. The summed E-state index contributed by atoms with van der Waals surface area (Å²) in [5.41, 5.74) is 1.79. The summed E-state index contributed by atoms with van der Waals surface area (Å²) in [7, 11) is 0. The first-order valence-corrected chi connectivity index (χ1v) is 9.27. The van der Waals surface area contributed by atoms with Crippen molar-refractivity contribution in [2.75, 3.05) is 5.32 Å². The van der Waals surface area contributed by atoms with Crippen LogP contribution in [0.25, 0.3) is 6.08 Å². The molecule has 0 aliphatic rings. The van der Waals surface area contributed by atoms with Crippen molar-refractivity contribution in [1.29, 1.82) is 0 Å². The SMILES string of the molecule is CC(=O)Nc1ccc(C(=O)N/C(=C\c2ccccc2)C(=O)NCc2ccco2)cc1. The molecule has 7 heteroatoms. The summed E-state index contributed by atoms with van der Waals surface area (Å²) >= 11 is 0. The fourth-order valence-corrected chi connectivity index (χ4v) is 2.65. The van der Waals surface area contributed by atoms with E-state index in [9.17, 15) is 14.4 Å². The average Bonchev–Trinajstić information content (AvgIpc) is 3.26. The maximum Gasteiger partial charge on any atom is 0.268 e. The zero-order valence-corrected chi connectivity index (χ0v) is 16.3. The normalized spacial score (nSPS) is 10.9. The highest BCUT2D eigenvalue weighted by Gasteiger charge is 2.15. The molecular weight excluding hydrogens is 382 g/mol. The third kappa shape index (κ3) is 5.93. The molecule has 0 aliphatic carbocycles. The van der Waals surface area contributed by atoms with Gasteiger partial charge in [-0.15, -0.1) is 0 Å². The van der Waals surface area contributed by atoms with Crippen LogP contribution in [0, 0.1) is 0 Å². The van der Waals surface area contributed by atoms with E-state index in [1.54, 1.807) is 42.5 Å². The molecule has 3 N–H and O–H groups in total. The van der Waals surface area contributed by atoms with Crippen LogP contribution in [0.5, 0.6) is 0 Å². The second-order valence-corrected chi connectivity index (χ2v) is 6.44. The van der Waals surface area contributed by atoms with Gasteiger partial charge in [-0.25, -0.2) is 0 Å². The van der Waals surface area contributed by atoms with Crippen LogP contribution in [0.1, 0.15) is 28.6 Å². The van der Waals surface area contributed by atoms with Gasteiger partial charge in [-0.2, -0.15) is 0 Å². The summed E-state index contributed by atoms with van der Waals surface area (Å²) in [6.45, 7) is 1.60. The molecule has 0 saturated heterocycles. The summed E-state index contributed by atoms with van der Waals surface area (Å²) in [4.78, 5) is 36.5. The Morgan fingerprint density at radius 3 is 2.30 bits per heavy atom. The Kier molecular flexibility index (Phi) is 6.78. The fraction of sp³-hybridized carbons (Fsp3) is 0.0870. The minimum absolute atomic E-state index is 0.101. The van der Waals surface area contributed by atoms with Gasteiger partial charge in [-0.3, -0.25) is 14.4 Å². The van der Waals surface area contributed by atoms with E-state index >= 15 is 0 Å². The topological polar surface area (TPSA) is 100 Å². The lowest BCUT2D eigenvalue weighted by atomic mass is 10.1. The van der Waals surface area contributed by atoms with Crippen molar-refractivity contribution in [3.63, 3.8) is 0 Å². The summed E-state index contributed by atoms with van der Waals surface area (Å²) in [5.74, 6) is -0.492. The van der Waals surface area contributed by atoms with Crippen LogP contribution in [0.2, 0.25) is 0 Å². The van der Waals surface area contributed by atoms with Gasteiger partial charge in [0, 0.05) is 18.2 Å². The molecule has 2 aromatic carbocycles. The van der Waals surface area contributed by atoms with Gasteiger partial charge < -0.3 is 20.4 Å². The first-order chi connectivity index (χ1) is 14.5. The van der Waals surface area contributed by atoms with Crippen molar-refractivity contribution in [3.8, 4) is 0 Å². The lowest BCUT2D eigenvalue weighted by Gasteiger charge is -2.11. The van der Waals surface area contributed by atoms with E-state index in [4.69, 9.17) is 4.42 Å². The van der Waals surface area contributed by atoms with Gasteiger partial charge in [0.2, 0.25) is 5.91 Å². The molecule has 152 valence electrons. The molecule has 30 heavy (non-hydrogen) atoms. The van der Waals surface area contributed by atoms with Crippen molar-refractivity contribution in [2.45, 2.75) is 13.5 Å². The van der Waals surface area contributed by atoms with E-state index in [0.717, 1.165) is 5.56 Å². The third-order valence-electron chi connectivity index (χ3n) is 4.07. The van der Waals surface area contributed by atoms with Gasteiger partial charge in [0.1, 0.15) is 11.5 Å². The minimum Gasteiger partial charge on any atom is -0.467 e. The maximum atomic E-state index is 12.7. The van der Waals surface area contributed by atoms with Crippen LogP contribution in [0.15, 0.2) is 83.1 Å². The number of furan rings is 1. The van der Waals surface area contributed by atoms with E-state index < -0.39 is 11.8 Å². The number of anilines is 1. The Morgan fingerprint density at radius 2 is 1.67 bits per heavy atom. The largest absolute Gasteiger partial charge is 0.467 e.